The fraction of sp³-hybridized carbons (Fsp3) is 0.769. The predicted octanol–water partition coefficient (Wildman–Crippen LogP) is 0.161. The summed E-state index contributed by atoms with van der Waals surface area (Å²) in [5.41, 5.74) is -0.893. The van der Waals surface area contributed by atoms with Gasteiger partial charge in [0.1, 0.15) is 0 Å². The number of amides is 3. The van der Waals surface area contributed by atoms with Crippen LogP contribution in [0.5, 0.6) is 0 Å². The van der Waals surface area contributed by atoms with E-state index in [4.69, 9.17) is 0 Å². The molecule has 1 saturated heterocycles. The number of nitrogens with zero attached hydrogens (tertiary/aromatic N) is 1. The first-order valence-corrected chi connectivity index (χ1v) is 6.99. The lowest BCUT2D eigenvalue weighted by Gasteiger charge is -2.30. The van der Waals surface area contributed by atoms with Crippen LogP contribution in [0.25, 0.3) is 0 Å². The SMILES string of the molecule is CC1(C(=O)O)CCCC1NC(=O)N1CCNC(=O)CC1. The Bertz CT molecular complexity index is 426. The van der Waals surface area contributed by atoms with Gasteiger partial charge < -0.3 is 20.6 Å². The third kappa shape index (κ3) is 2.86. The van der Waals surface area contributed by atoms with Gasteiger partial charge in [0, 0.05) is 32.1 Å². The lowest BCUT2D eigenvalue weighted by atomic mass is 9.85. The fourth-order valence-corrected chi connectivity index (χ4v) is 2.86. The summed E-state index contributed by atoms with van der Waals surface area (Å²) in [5, 5.41) is 14.9. The number of hydrogen-bond donors (Lipinski definition) is 3. The van der Waals surface area contributed by atoms with E-state index in [2.05, 4.69) is 10.6 Å². The van der Waals surface area contributed by atoms with Crippen LogP contribution >= 0.6 is 0 Å². The Balaban J connectivity index is 1.97. The van der Waals surface area contributed by atoms with E-state index < -0.39 is 11.4 Å². The first-order chi connectivity index (χ1) is 9.43. The zero-order valence-corrected chi connectivity index (χ0v) is 11.6. The van der Waals surface area contributed by atoms with Gasteiger partial charge in [0.25, 0.3) is 0 Å². The van der Waals surface area contributed by atoms with Crippen molar-refractivity contribution in [1.29, 1.82) is 0 Å². The average Bonchev–Trinajstić information content (AvgIpc) is 2.63. The molecular weight excluding hydrogens is 262 g/mol. The largest absolute Gasteiger partial charge is 0.481 e. The molecule has 3 amide bonds. The second kappa shape index (κ2) is 5.68. The number of carbonyl (C=O) groups is 3. The van der Waals surface area contributed by atoms with E-state index in [1.54, 1.807) is 11.8 Å². The summed E-state index contributed by atoms with van der Waals surface area (Å²) in [7, 11) is 0. The van der Waals surface area contributed by atoms with Crippen molar-refractivity contribution in [1.82, 2.24) is 15.5 Å². The van der Waals surface area contributed by atoms with Crippen LogP contribution < -0.4 is 10.6 Å². The minimum atomic E-state index is -0.893. The Morgan fingerprint density at radius 2 is 2.20 bits per heavy atom. The lowest BCUT2D eigenvalue weighted by molar-refractivity contribution is -0.148. The lowest BCUT2D eigenvalue weighted by Crippen LogP contribution is -2.52. The van der Waals surface area contributed by atoms with Crippen molar-refractivity contribution in [3.05, 3.63) is 0 Å². The molecule has 1 aliphatic heterocycles. The number of rotatable bonds is 2. The van der Waals surface area contributed by atoms with E-state index in [-0.39, 0.29) is 24.4 Å². The van der Waals surface area contributed by atoms with Crippen LogP contribution in [0.3, 0.4) is 0 Å². The molecule has 7 nitrogen and oxygen atoms in total. The third-order valence-electron chi connectivity index (χ3n) is 4.34. The van der Waals surface area contributed by atoms with E-state index in [9.17, 15) is 19.5 Å². The average molecular weight is 283 g/mol. The maximum atomic E-state index is 12.2. The molecule has 3 N–H and O–H groups in total. The molecule has 20 heavy (non-hydrogen) atoms. The van der Waals surface area contributed by atoms with E-state index in [1.807, 2.05) is 0 Å². The molecule has 2 atom stereocenters. The van der Waals surface area contributed by atoms with Crippen LogP contribution in [0.1, 0.15) is 32.6 Å². The topological polar surface area (TPSA) is 98.7 Å². The molecule has 0 radical (unpaired) electrons. The van der Waals surface area contributed by atoms with E-state index >= 15 is 0 Å². The molecule has 0 aromatic rings. The molecule has 112 valence electrons. The standard InChI is InChI=1S/C13H21N3O4/c1-13(11(18)19)5-2-3-9(13)15-12(20)16-7-4-10(17)14-6-8-16/h9H,2-8H2,1H3,(H,14,17)(H,15,20)(H,18,19). The minimum Gasteiger partial charge on any atom is -0.481 e. The van der Waals surface area contributed by atoms with Crippen molar-refractivity contribution in [2.24, 2.45) is 5.41 Å². The van der Waals surface area contributed by atoms with Crippen molar-refractivity contribution in [2.45, 2.75) is 38.6 Å². The second-order valence-corrected chi connectivity index (χ2v) is 5.70. The Morgan fingerprint density at radius 3 is 2.90 bits per heavy atom. The fourth-order valence-electron chi connectivity index (χ4n) is 2.86. The van der Waals surface area contributed by atoms with Gasteiger partial charge in [-0.1, -0.05) is 6.42 Å². The summed E-state index contributed by atoms with van der Waals surface area (Å²) in [4.78, 5) is 36.4. The first-order valence-electron chi connectivity index (χ1n) is 6.99. The number of hydrogen-bond acceptors (Lipinski definition) is 3. The van der Waals surface area contributed by atoms with Crippen molar-refractivity contribution >= 4 is 17.9 Å². The molecule has 2 unspecified atom stereocenters. The molecule has 1 aliphatic carbocycles. The summed E-state index contributed by atoms with van der Waals surface area (Å²) in [6.07, 6.45) is 2.34. The Morgan fingerprint density at radius 1 is 1.45 bits per heavy atom. The number of carboxylic acid groups (broad SMARTS) is 1. The highest BCUT2D eigenvalue weighted by Gasteiger charge is 2.46. The highest BCUT2D eigenvalue weighted by molar-refractivity contribution is 5.81. The number of nitrogens with one attached hydrogen (secondary N) is 2. The summed E-state index contributed by atoms with van der Waals surface area (Å²) in [5.74, 6) is -0.926. The number of carboxylic acids is 1. The van der Waals surface area contributed by atoms with Gasteiger partial charge in [0.2, 0.25) is 5.91 Å². The zero-order valence-electron chi connectivity index (χ0n) is 11.6. The van der Waals surface area contributed by atoms with Crippen molar-refractivity contribution in [2.75, 3.05) is 19.6 Å². The van der Waals surface area contributed by atoms with Gasteiger partial charge in [0.15, 0.2) is 0 Å². The Kier molecular flexibility index (Phi) is 4.15. The molecule has 0 spiro atoms. The van der Waals surface area contributed by atoms with Gasteiger partial charge in [0.05, 0.1) is 5.41 Å². The smallest absolute Gasteiger partial charge is 0.317 e. The van der Waals surface area contributed by atoms with Crippen molar-refractivity contribution in [3.8, 4) is 0 Å². The van der Waals surface area contributed by atoms with Gasteiger partial charge in [-0.05, 0) is 19.8 Å². The zero-order chi connectivity index (χ0) is 14.8. The Labute approximate surface area is 117 Å². The maximum absolute atomic E-state index is 12.2. The molecule has 2 aliphatic rings. The van der Waals surface area contributed by atoms with Gasteiger partial charge in [-0.15, -0.1) is 0 Å². The number of carbonyl (C=O) groups excluding carboxylic acids is 2. The maximum Gasteiger partial charge on any atom is 0.317 e. The monoisotopic (exact) mass is 283 g/mol. The van der Waals surface area contributed by atoms with Gasteiger partial charge in [-0.3, -0.25) is 9.59 Å². The number of aliphatic carboxylic acids is 1. The second-order valence-electron chi connectivity index (χ2n) is 5.70. The highest BCUT2D eigenvalue weighted by Crippen LogP contribution is 2.38. The van der Waals surface area contributed by atoms with E-state index in [1.165, 1.54) is 0 Å². The summed E-state index contributed by atoms with van der Waals surface area (Å²) in [6, 6.07) is -0.625. The molecule has 0 aromatic carbocycles. The molecule has 7 heteroatoms. The van der Waals surface area contributed by atoms with Gasteiger partial charge >= 0.3 is 12.0 Å². The van der Waals surface area contributed by atoms with Gasteiger partial charge in [-0.25, -0.2) is 4.79 Å². The highest BCUT2D eigenvalue weighted by atomic mass is 16.4. The van der Waals surface area contributed by atoms with Crippen LogP contribution in [0.4, 0.5) is 4.79 Å². The van der Waals surface area contributed by atoms with Crippen LogP contribution in [-0.4, -0.2) is 53.6 Å². The molecule has 0 bridgehead atoms. The predicted molar refractivity (Wildman–Crippen MR) is 71.1 cm³/mol. The van der Waals surface area contributed by atoms with Crippen molar-refractivity contribution in [3.63, 3.8) is 0 Å². The quantitative estimate of drug-likeness (QED) is 0.672. The van der Waals surface area contributed by atoms with E-state index in [0.717, 1.165) is 6.42 Å². The van der Waals surface area contributed by atoms with E-state index in [0.29, 0.717) is 32.5 Å². The number of urea groups is 1. The first kappa shape index (κ1) is 14.6. The molecule has 2 fully saturated rings. The summed E-state index contributed by atoms with van der Waals surface area (Å²) >= 11 is 0. The van der Waals surface area contributed by atoms with Crippen LogP contribution in [0, 0.1) is 5.41 Å². The minimum absolute atomic E-state index is 0.0588. The molecular formula is C13H21N3O4. The molecule has 0 aromatic heterocycles. The van der Waals surface area contributed by atoms with Gasteiger partial charge in [-0.2, -0.15) is 0 Å². The van der Waals surface area contributed by atoms with Crippen LogP contribution in [-0.2, 0) is 9.59 Å². The molecule has 1 saturated carbocycles. The van der Waals surface area contributed by atoms with Crippen LogP contribution in [0.15, 0.2) is 0 Å². The normalized spacial score (nSPS) is 30.6. The third-order valence-corrected chi connectivity index (χ3v) is 4.34. The molecule has 1 heterocycles. The summed E-state index contributed by atoms with van der Waals surface area (Å²) in [6.45, 7) is 2.94. The molecule has 2 rings (SSSR count). The van der Waals surface area contributed by atoms with Crippen molar-refractivity contribution < 1.29 is 19.5 Å². The summed E-state index contributed by atoms with van der Waals surface area (Å²) < 4.78 is 0. The Hall–Kier alpha value is -1.79. The van der Waals surface area contributed by atoms with Crippen LogP contribution in [0.2, 0.25) is 0 Å².